The molecule has 0 aliphatic rings. The highest BCUT2D eigenvalue weighted by molar-refractivity contribution is 7.47. The molecule has 0 heterocycles. The maximum atomic E-state index is 13.1. The highest BCUT2D eigenvalue weighted by atomic mass is 31.2. The van der Waals surface area contributed by atoms with Crippen molar-refractivity contribution in [3.05, 3.63) is 194 Å². The predicted molar refractivity (Wildman–Crippen MR) is 491 cm³/mol. The zero-order chi connectivity index (χ0) is 85.1. The van der Waals surface area contributed by atoms with Gasteiger partial charge in [0, 0.05) is 19.3 Å². The lowest BCUT2D eigenvalue weighted by atomic mass is 10.0. The van der Waals surface area contributed by atoms with Crippen LogP contribution in [0.25, 0.3) is 0 Å². The molecule has 5 unspecified atom stereocenters. The molecule has 16 nitrogen and oxygen atoms in total. The Morgan fingerprint density at radius 1 is 0.239 bits per heavy atom. The molecule has 0 aliphatic carbocycles. The summed E-state index contributed by atoms with van der Waals surface area (Å²) in [5, 5.41) is 20.7. The van der Waals surface area contributed by atoms with Crippen LogP contribution in [0.3, 0.4) is 0 Å². The number of allylic oxidation sites excluding steroid dienone is 32. The Morgan fingerprint density at radius 3 is 0.675 bits per heavy atom. The van der Waals surface area contributed by atoms with Gasteiger partial charge in [0.15, 0.2) is 6.10 Å². The first-order valence-corrected chi connectivity index (χ1v) is 48.7. The van der Waals surface area contributed by atoms with Gasteiger partial charge in [-0.1, -0.05) is 369 Å². The highest BCUT2D eigenvalue weighted by Crippen LogP contribution is 2.45. The molecule has 0 aromatic carbocycles. The van der Waals surface area contributed by atoms with Crippen molar-refractivity contribution in [1.82, 2.24) is 0 Å². The number of phosphoric ester groups is 2. The first-order chi connectivity index (χ1) is 57.2. The first-order valence-electron chi connectivity index (χ1n) is 45.7. The number of carbonyl (C=O) groups excluding carboxylic acids is 3. The third kappa shape index (κ3) is 91.0. The van der Waals surface area contributed by atoms with Crippen molar-refractivity contribution >= 4 is 33.6 Å². The van der Waals surface area contributed by atoms with Crippen LogP contribution < -0.4 is 0 Å². The molecule has 0 aromatic heterocycles. The molecule has 666 valence electrons. The molecule has 0 radical (unpaired) electrons. The molecule has 0 fully saturated rings. The summed E-state index contributed by atoms with van der Waals surface area (Å²) in [6.45, 7) is 2.33. The van der Waals surface area contributed by atoms with Crippen LogP contribution in [0, 0.1) is 0 Å². The zero-order valence-electron chi connectivity index (χ0n) is 73.3. The normalized spacial score (nSPS) is 14.7. The minimum atomic E-state index is -4.96. The van der Waals surface area contributed by atoms with Gasteiger partial charge in [-0.2, -0.15) is 0 Å². The average molecular weight is 1670 g/mol. The van der Waals surface area contributed by atoms with Gasteiger partial charge in [0.05, 0.1) is 26.4 Å². The van der Waals surface area contributed by atoms with Crippen LogP contribution in [-0.4, -0.2) is 95.9 Å². The fraction of sp³-hybridized carbons (Fsp3) is 0.646. The number of esters is 3. The lowest BCUT2D eigenvalue weighted by molar-refractivity contribution is -0.161. The molecule has 4 N–H and O–H groups in total. The van der Waals surface area contributed by atoms with E-state index in [1.165, 1.54) is 116 Å². The van der Waals surface area contributed by atoms with Crippen molar-refractivity contribution in [1.29, 1.82) is 0 Å². The summed E-state index contributed by atoms with van der Waals surface area (Å²) in [6, 6.07) is 0. The molecule has 18 heteroatoms. The van der Waals surface area contributed by atoms with Crippen LogP contribution in [0.15, 0.2) is 194 Å². The van der Waals surface area contributed by atoms with Crippen molar-refractivity contribution in [2.75, 3.05) is 39.6 Å². The van der Waals surface area contributed by atoms with Crippen LogP contribution in [-0.2, 0) is 55.8 Å². The standard InChI is InChI=1S/C99H164O16P2/c1-4-7-10-13-16-19-22-25-28-31-34-37-40-42-43-44-45-46-47-48-49-51-54-55-58-61-64-67-70-73-76-79-82-85-97(102)109-88-94(100)89-111-116(105,106)112-90-95(101)91-113-117(107,108)114-93-96(115-99(104)87-84-81-78-75-72-69-66-63-60-57-52-39-36-33-30-27-24-21-18-15-12-9-6-3)92-110-98(103)86-83-80-77-74-71-68-65-62-59-56-53-50-41-38-35-32-29-26-23-20-17-14-11-8-5-2/h7-12,16-21,25-30,34-39,42-43,50,53,57,60,66,69,94-96,100-101H,4-6,13-15,22-24,31-33,40-41,44-49,51-52,54-56,58-59,61-65,67-68,70-93H2,1-3H3,(H,105,106)(H,107,108)/b10-7-,11-8-,12-9-,19-16-,20-17-,21-18-,28-25-,29-26-,30-27-,37-34-,38-35-,39-36-,43-42-,53-50-,60-57-,69-66-. The van der Waals surface area contributed by atoms with E-state index in [1.807, 2.05) is 0 Å². The maximum absolute atomic E-state index is 13.1. The number of aliphatic hydroxyl groups excluding tert-OH is 2. The van der Waals surface area contributed by atoms with Crippen molar-refractivity contribution in [2.24, 2.45) is 0 Å². The van der Waals surface area contributed by atoms with E-state index in [9.17, 15) is 43.5 Å². The number of aliphatic hydroxyl groups is 2. The van der Waals surface area contributed by atoms with E-state index in [0.29, 0.717) is 19.3 Å². The van der Waals surface area contributed by atoms with E-state index in [-0.39, 0.29) is 19.3 Å². The number of hydrogen-bond acceptors (Lipinski definition) is 14. The summed E-state index contributed by atoms with van der Waals surface area (Å²) in [6.07, 6.45) is 119. The number of hydrogen-bond donors (Lipinski definition) is 4. The first kappa shape index (κ1) is 111. The van der Waals surface area contributed by atoms with Crippen molar-refractivity contribution in [3.63, 3.8) is 0 Å². The van der Waals surface area contributed by atoms with Crippen LogP contribution in [0.2, 0.25) is 0 Å². The smallest absolute Gasteiger partial charge is 0.463 e. The maximum Gasteiger partial charge on any atom is 0.472 e. The summed E-state index contributed by atoms with van der Waals surface area (Å²) in [5.41, 5.74) is 0. The second kappa shape index (κ2) is 89.6. The summed E-state index contributed by atoms with van der Waals surface area (Å²) >= 11 is 0. The van der Waals surface area contributed by atoms with Gasteiger partial charge >= 0.3 is 33.6 Å². The van der Waals surface area contributed by atoms with Crippen LogP contribution in [0.4, 0.5) is 0 Å². The number of phosphoric acid groups is 2. The lowest BCUT2D eigenvalue weighted by Gasteiger charge is -2.21. The summed E-state index contributed by atoms with van der Waals surface area (Å²) in [7, 11) is -9.83. The molecule has 0 saturated carbocycles. The third-order valence-corrected chi connectivity index (χ3v) is 20.7. The average Bonchev–Trinajstić information content (AvgIpc) is 0.890. The molecule has 117 heavy (non-hydrogen) atoms. The number of unbranched alkanes of at least 4 members (excludes halogenated alkanes) is 30. The number of carbonyl (C=O) groups is 3. The minimum Gasteiger partial charge on any atom is -0.463 e. The second-order valence-corrected chi connectivity index (χ2v) is 32.9. The van der Waals surface area contributed by atoms with Gasteiger partial charge in [0.2, 0.25) is 0 Å². The van der Waals surface area contributed by atoms with E-state index in [1.54, 1.807) is 0 Å². The molecular weight excluding hydrogens is 1510 g/mol. The Balaban J connectivity index is 4.61. The number of ether oxygens (including phenoxy) is 3. The van der Waals surface area contributed by atoms with E-state index in [2.05, 4.69) is 215 Å². The zero-order valence-corrected chi connectivity index (χ0v) is 75.1. The molecule has 0 amide bonds. The van der Waals surface area contributed by atoms with Gasteiger partial charge < -0.3 is 34.2 Å². The second-order valence-electron chi connectivity index (χ2n) is 30.0. The molecule has 0 aliphatic heterocycles. The summed E-state index contributed by atoms with van der Waals surface area (Å²) in [4.78, 5) is 59.0. The molecule has 5 atom stereocenters. The van der Waals surface area contributed by atoms with Gasteiger partial charge in [-0.05, 0) is 161 Å². The Kier molecular flexibility index (Phi) is 85.3. The largest absolute Gasteiger partial charge is 0.472 e. The van der Waals surface area contributed by atoms with Crippen molar-refractivity contribution < 1.29 is 75.8 Å². The molecular formula is C99H164O16P2. The molecule has 0 saturated heterocycles. The Labute approximate surface area is 712 Å². The monoisotopic (exact) mass is 1670 g/mol. The Bertz CT molecular complexity index is 2910. The fourth-order valence-corrected chi connectivity index (χ4v) is 13.6. The van der Waals surface area contributed by atoms with Gasteiger partial charge in [-0.3, -0.25) is 32.5 Å². The molecule has 0 spiro atoms. The van der Waals surface area contributed by atoms with Gasteiger partial charge in [-0.15, -0.1) is 0 Å². The van der Waals surface area contributed by atoms with Crippen molar-refractivity contribution in [2.45, 2.75) is 373 Å². The quantitative estimate of drug-likeness (QED) is 0.0146. The topological polar surface area (TPSA) is 231 Å². The van der Waals surface area contributed by atoms with Gasteiger partial charge in [-0.25, -0.2) is 9.13 Å². The van der Waals surface area contributed by atoms with Crippen LogP contribution >= 0.6 is 15.6 Å². The Morgan fingerprint density at radius 2 is 0.427 bits per heavy atom. The predicted octanol–water partition coefficient (Wildman–Crippen LogP) is 28.2. The van der Waals surface area contributed by atoms with Gasteiger partial charge in [0.1, 0.15) is 25.4 Å². The summed E-state index contributed by atoms with van der Waals surface area (Å²) < 4.78 is 61.4. The van der Waals surface area contributed by atoms with Gasteiger partial charge in [0.25, 0.3) is 0 Å². The molecule has 0 rings (SSSR count). The molecule has 0 bridgehead atoms. The number of rotatable bonds is 85. The Hall–Kier alpha value is -5.61. The summed E-state index contributed by atoms with van der Waals surface area (Å²) in [5.74, 6) is -1.61. The minimum absolute atomic E-state index is 0.0666. The van der Waals surface area contributed by atoms with Crippen molar-refractivity contribution in [3.8, 4) is 0 Å². The van der Waals surface area contributed by atoms with Crippen LogP contribution in [0.5, 0.6) is 0 Å². The fourth-order valence-electron chi connectivity index (χ4n) is 12.0. The molecule has 0 aromatic rings. The van der Waals surface area contributed by atoms with E-state index in [0.717, 1.165) is 180 Å². The third-order valence-electron chi connectivity index (χ3n) is 18.8. The van der Waals surface area contributed by atoms with E-state index < -0.39 is 91.5 Å². The SMILES string of the molecule is CC/C=C\C/C=C\C/C=C\C/C=C\C/C=C\C/C=C\CCCCCCC(=O)OC(COC(=O)CCCCCCCCCCC/C=C\C/C=C\C/C=C\C/C=C\C/C=C\CC)COP(=O)(O)OCC(O)COP(=O)(O)OCC(O)COC(=O)CCCCCCCCCCCCCCCCCCC/C=C\C/C=C\C/C=C\C/C=C\C/C=C\CC. The highest BCUT2D eigenvalue weighted by Gasteiger charge is 2.29. The van der Waals surface area contributed by atoms with E-state index in [4.69, 9.17) is 32.3 Å². The lowest BCUT2D eigenvalue weighted by Crippen LogP contribution is -2.30. The van der Waals surface area contributed by atoms with E-state index >= 15 is 0 Å². The van der Waals surface area contributed by atoms with Crippen LogP contribution in [0.1, 0.15) is 355 Å².